The Hall–Kier alpha value is -1.89. The molecular formula is C8H6FN3. The van der Waals surface area contributed by atoms with Crippen molar-refractivity contribution in [1.82, 2.24) is 0 Å². The number of nitrogens with zero attached hydrogens (tertiary/aromatic N) is 2. The molecule has 0 unspecified atom stereocenters. The topological polar surface area (TPSA) is 62.2 Å². The second-order valence-corrected chi connectivity index (χ2v) is 2.13. The highest BCUT2D eigenvalue weighted by atomic mass is 19.1. The van der Waals surface area contributed by atoms with Gasteiger partial charge >= 0.3 is 0 Å². The molecule has 2 N–H and O–H groups in total. The van der Waals surface area contributed by atoms with Crippen LogP contribution in [0.2, 0.25) is 0 Å². The number of halogens is 1. The minimum absolute atomic E-state index is 0.00704. The first-order valence-electron chi connectivity index (χ1n) is 3.21. The summed E-state index contributed by atoms with van der Waals surface area (Å²) in [6, 6.07) is 5.79. The van der Waals surface area contributed by atoms with Crippen LogP contribution in [0.1, 0.15) is 11.1 Å². The van der Waals surface area contributed by atoms with Gasteiger partial charge in [-0.1, -0.05) is 6.07 Å². The lowest BCUT2D eigenvalue weighted by atomic mass is 10.1. The van der Waals surface area contributed by atoms with Crippen LogP contribution in [0.15, 0.2) is 23.3 Å². The standard InChI is InChI=1S/C8H6FN3/c9-8-2-1-6(5-12-11)3-7(8)4-10/h1-3,5H,11H2. The zero-order valence-corrected chi connectivity index (χ0v) is 6.16. The van der Waals surface area contributed by atoms with E-state index in [2.05, 4.69) is 5.10 Å². The molecule has 0 aliphatic heterocycles. The number of nitriles is 1. The van der Waals surface area contributed by atoms with Gasteiger partial charge in [0.1, 0.15) is 11.9 Å². The Morgan fingerprint density at radius 2 is 2.33 bits per heavy atom. The van der Waals surface area contributed by atoms with Gasteiger partial charge in [0.05, 0.1) is 11.8 Å². The summed E-state index contributed by atoms with van der Waals surface area (Å²) in [6.45, 7) is 0. The Kier molecular flexibility index (Phi) is 2.38. The lowest BCUT2D eigenvalue weighted by molar-refractivity contribution is 0.624. The first-order valence-corrected chi connectivity index (χ1v) is 3.21. The Morgan fingerprint density at radius 1 is 1.58 bits per heavy atom. The van der Waals surface area contributed by atoms with Crippen LogP contribution >= 0.6 is 0 Å². The fourth-order valence-electron chi connectivity index (χ4n) is 0.795. The quantitative estimate of drug-likeness (QED) is 0.381. The van der Waals surface area contributed by atoms with Crippen LogP contribution in [-0.2, 0) is 0 Å². The Morgan fingerprint density at radius 3 is 2.92 bits per heavy atom. The van der Waals surface area contributed by atoms with Crippen molar-refractivity contribution in [3.63, 3.8) is 0 Å². The van der Waals surface area contributed by atoms with Crippen molar-refractivity contribution in [2.24, 2.45) is 10.9 Å². The van der Waals surface area contributed by atoms with Gasteiger partial charge in [-0.2, -0.15) is 10.4 Å². The molecule has 3 nitrogen and oxygen atoms in total. The number of nitrogens with two attached hydrogens (primary N) is 1. The summed E-state index contributed by atoms with van der Waals surface area (Å²) in [5, 5.41) is 11.7. The average molecular weight is 163 g/mol. The molecule has 0 saturated heterocycles. The first-order chi connectivity index (χ1) is 5.77. The predicted octanol–water partition coefficient (Wildman–Crippen LogP) is 0.990. The third-order valence-electron chi connectivity index (χ3n) is 1.33. The second-order valence-electron chi connectivity index (χ2n) is 2.13. The normalized spacial score (nSPS) is 10.0. The zero-order valence-electron chi connectivity index (χ0n) is 6.16. The van der Waals surface area contributed by atoms with Crippen LogP contribution in [0.5, 0.6) is 0 Å². The number of hydrogen-bond donors (Lipinski definition) is 1. The fraction of sp³-hybridized carbons (Fsp3) is 0. The van der Waals surface area contributed by atoms with Gasteiger partial charge in [-0.3, -0.25) is 0 Å². The molecule has 4 heteroatoms. The minimum Gasteiger partial charge on any atom is -0.323 e. The lowest BCUT2D eigenvalue weighted by Crippen LogP contribution is -1.90. The van der Waals surface area contributed by atoms with E-state index in [-0.39, 0.29) is 5.56 Å². The molecule has 0 aliphatic carbocycles. The van der Waals surface area contributed by atoms with Crippen molar-refractivity contribution in [2.75, 3.05) is 0 Å². The van der Waals surface area contributed by atoms with Crippen molar-refractivity contribution in [2.45, 2.75) is 0 Å². The smallest absolute Gasteiger partial charge is 0.140 e. The number of hydrazone groups is 1. The maximum atomic E-state index is 12.7. The first kappa shape index (κ1) is 8.21. The summed E-state index contributed by atoms with van der Waals surface area (Å²) in [5.41, 5.74) is 0.600. The van der Waals surface area contributed by atoms with Crippen LogP contribution in [-0.4, -0.2) is 6.21 Å². The highest BCUT2D eigenvalue weighted by Crippen LogP contribution is 2.07. The van der Waals surface area contributed by atoms with Crippen LogP contribution in [0, 0.1) is 17.1 Å². The number of rotatable bonds is 1. The number of hydrogen-bond acceptors (Lipinski definition) is 3. The van der Waals surface area contributed by atoms with Crippen molar-refractivity contribution >= 4 is 6.21 Å². The maximum absolute atomic E-state index is 12.7. The maximum Gasteiger partial charge on any atom is 0.140 e. The summed E-state index contributed by atoms with van der Waals surface area (Å²) < 4.78 is 12.7. The van der Waals surface area contributed by atoms with E-state index in [9.17, 15) is 4.39 Å². The van der Waals surface area contributed by atoms with E-state index in [1.54, 1.807) is 6.07 Å². The highest BCUT2D eigenvalue weighted by molar-refractivity contribution is 5.79. The SMILES string of the molecule is N#Cc1cc(C=NN)ccc1F. The molecule has 0 saturated carbocycles. The monoisotopic (exact) mass is 163 g/mol. The van der Waals surface area contributed by atoms with Crippen molar-refractivity contribution in [3.8, 4) is 6.07 Å². The van der Waals surface area contributed by atoms with Gasteiger partial charge in [-0.05, 0) is 17.7 Å². The van der Waals surface area contributed by atoms with E-state index in [0.717, 1.165) is 0 Å². The van der Waals surface area contributed by atoms with Gasteiger partial charge in [0.25, 0.3) is 0 Å². The van der Waals surface area contributed by atoms with Gasteiger partial charge in [0.15, 0.2) is 0 Å². The Bertz CT molecular complexity index is 352. The summed E-state index contributed by atoms with van der Waals surface area (Å²) in [5.74, 6) is 4.35. The zero-order chi connectivity index (χ0) is 8.97. The van der Waals surface area contributed by atoms with Crippen molar-refractivity contribution in [3.05, 3.63) is 35.1 Å². The molecule has 0 spiro atoms. The van der Waals surface area contributed by atoms with E-state index in [1.807, 2.05) is 0 Å². The minimum atomic E-state index is -0.535. The molecule has 0 radical (unpaired) electrons. The molecule has 12 heavy (non-hydrogen) atoms. The fourth-order valence-corrected chi connectivity index (χ4v) is 0.795. The lowest BCUT2D eigenvalue weighted by Gasteiger charge is -1.94. The number of benzene rings is 1. The molecule has 0 amide bonds. The summed E-state index contributed by atoms with van der Waals surface area (Å²) in [4.78, 5) is 0. The largest absolute Gasteiger partial charge is 0.323 e. The molecule has 0 aromatic heterocycles. The van der Waals surface area contributed by atoms with E-state index < -0.39 is 5.82 Å². The van der Waals surface area contributed by atoms with E-state index in [4.69, 9.17) is 11.1 Å². The molecule has 0 heterocycles. The third-order valence-corrected chi connectivity index (χ3v) is 1.33. The molecule has 0 aliphatic rings. The molecular weight excluding hydrogens is 157 g/mol. The van der Waals surface area contributed by atoms with Gasteiger partial charge in [-0.25, -0.2) is 4.39 Å². The van der Waals surface area contributed by atoms with E-state index in [0.29, 0.717) is 5.56 Å². The molecule has 0 atom stereocenters. The van der Waals surface area contributed by atoms with Crippen LogP contribution in [0.3, 0.4) is 0 Å². The Balaban J connectivity index is 3.16. The molecule has 1 aromatic carbocycles. The van der Waals surface area contributed by atoms with Gasteiger partial charge < -0.3 is 5.84 Å². The van der Waals surface area contributed by atoms with Gasteiger partial charge in [0.2, 0.25) is 0 Å². The Labute approximate surface area is 68.9 Å². The van der Waals surface area contributed by atoms with E-state index in [1.165, 1.54) is 24.4 Å². The molecule has 60 valence electrons. The highest BCUT2D eigenvalue weighted by Gasteiger charge is 2.00. The molecule has 0 bridgehead atoms. The average Bonchev–Trinajstić information content (AvgIpc) is 2.09. The molecule has 1 rings (SSSR count). The summed E-state index contributed by atoms with van der Waals surface area (Å²) >= 11 is 0. The van der Waals surface area contributed by atoms with Crippen LogP contribution in [0.4, 0.5) is 4.39 Å². The van der Waals surface area contributed by atoms with Crippen molar-refractivity contribution in [1.29, 1.82) is 5.26 Å². The third kappa shape index (κ3) is 1.58. The van der Waals surface area contributed by atoms with Gasteiger partial charge in [-0.15, -0.1) is 0 Å². The van der Waals surface area contributed by atoms with Gasteiger partial charge in [0, 0.05) is 0 Å². The van der Waals surface area contributed by atoms with E-state index >= 15 is 0 Å². The summed E-state index contributed by atoms with van der Waals surface area (Å²) in [6.07, 6.45) is 1.35. The van der Waals surface area contributed by atoms with Crippen LogP contribution in [0.25, 0.3) is 0 Å². The van der Waals surface area contributed by atoms with Crippen molar-refractivity contribution < 1.29 is 4.39 Å². The second kappa shape index (κ2) is 3.49. The van der Waals surface area contributed by atoms with Crippen LogP contribution < -0.4 is 5.84 Å². The summed E-state index contributed by atoms with van der Waals surface area (Å²) in [7, 11) is 0. The molecule has 0 fully saturated rings. The molecule has 1 aromatic rings. The predicted molar refractivity (Wildman–Crippen MR) is 42.9 cm³/mol.